The van der Waals surface area contributed by atoms with Gasteiger partial charge in [-0.15, -0.1) is 11.3 Å². The molecule has 0 saturated heterocycles. The van der Waals surface area contributed by atoms with Gasteiger partial charge in [0.1, 0.15) is 16.8 Å². The van der Waals surface area contributed by atoms with Crippen LogP contribution in [0.2, 0.25) is 5.15 Å². The molecule has 0 fully saturated rings. The minimum Gasteiger partial charge on any atom is -0.365 e. The van der Waals surface area contributed by atoms with Crippen LogP contribution >= 0.6 is 22.9 Å². The molecule has 0 amide bonds. The average Bonchev–Trinajstić information content (AvgIpc) is 2.83. The van der Waals surface area contributed by atoms with Gasteiger partial charge in [-0.3, -0.25) is 0 Å². The Morgan fingerprint density at radius 1 is 1.37 bits per heavy atom. The zero-order valence-corrected chi connectivity index (χ0v) is 13.0. The maximum atomic E-state index is 6.02. The van der Waals surface area contributed by atoms with E-state index in [1.807, 2.05) is 0 Å². The van der Waals surface area contributed by atoms with Crippen LogP contribution in [0.25, 0.3) is 0 Å². The molecule has 0 radical (unpaired) electrons. The van der Waals surface area contributed by atoms with E-state index in [2.05, 4.69) is 47.5 Å². The molecule has 2 aromatic heterocycles. The summed E-state index contributed by atoms with van der Waals surface area (Å²) in [6.45, 7) is 7.07. The van der Waals surface area contributed by atoms with Crippen LogP contribution in [-0.4, -0.2) is 9.97 Å². The first-order valence-corrected chi connectivity index (χ1v) is 7.69. The molecular weight excluding hydrogens is 278 g/mol. The first kappa shape index (κ1) is 14.3. The summed E-state index contributed by atoms with van der Waals surface area (Å²) in [5, 5.41) is 5.95. The largest absolute Gasteiger partial charge is 0.365 e. The van der Waals surface area contributed by atoms with Crippen molar-refractivity contribution in [3.63, 3.8) is 0 Å². The van der Waals surface area contributed by atoms with Crippen LogP contribution in [0.15, 0.2) is 17.5 Å². The number of anilines is 1. The van der Waals surface area contributed by atoms with Crippen molar-refractivity contribution in [3.05, 3.63) is 38.9 Å². The standard InChI is InChI=1S/C14H18ClN3S/c1-4-10-5-6-19-11(10)8-16-13-7-12(15)17-14(18-13)9(2)3/h5-7,9H,4,8H2,1-3H3,(H,16,17,18). The summed E-state index contributed by atoms with van der Waals surface area (Å²) >= 11 is 7.79. The number of thiophene rings is 1. The molecule has 5 heteroatoms. The first-order chi connectivity index (χ1) is 9.10. The molecule has 102 valence electrons. The number of nitrogens with one attached hydrogen (secondary N) is 1. The third-order valence-electron chi connectivity index (χ3n) is 2.88. The summed E-state index contributed by atoms with van der Waals surface area (Å²) in [5.74, 6) is 1.84. The van der Waals surface area contributed by atoms with Crippen molar-refractivity contribution < 1.29 is 0 Å². The minimum absolute atomic E-state index is 0.271. The molecule has 0 aliphatic rings. The van der Waals surface area contributed by atoms with Crippen LogP contribution in [0.4, 0.5) is 5.82 Å². The number of rotatable bonds is 5. The number of halogens is 1. The minimum atomic E-state index is 0.271. The highest BCUT2D eigenvalue weighted by molar-refractivity contribution is 7.10. The molecule has 19 heavy (non-hydrogen) atoms. The fraction of sp³-hybridized carbons (Fsp3) is 0.429. The highest BCUT2D eigenvalue weighted by Gasteiger charge is 2.08. The third-order valence-corrected chi connectivity index (χ3v) is 4.03. The topological polar surface area (TPSA) is 37.8 Å². The summed E-state index contributed by atoms with van der Waals surface area (Å²) in [6, 6.07) is 3.95. The van der Waals surface area contributed by atoms with Crippen molar-refractivity contribution in [2.24, 2.45) is 0 Å². The van der Waals surface area contributed by atoms with E-state index in [-0.39, 0.29) is 5.92 Å². The summed E-state index contributed by atoms with van der Waals surface area (Å²) in [6.07, 6.45) is 1.06. The van der Waals surface area contributed by atoms with Gasteiger partial charge in [0.05, 0.1) is 6.54 Å². The van der Waals surface area contributed by atoms with E-state index in [4.69, 9.17) is 11.6 Å². The third kappa shape index (κ3) is 3.67. The van der Waals surface area contributed by atoms with Crippen molar-refractivity contribution >= 4 is 28.8 Å². The fourth-order valence-corrected chi connectivity index (χ4v) is 2.90. The molecule has 0 unspecified atom stereocenters. The molecule has 1 N–H and O–H groups in total. The zero-order valence-electron chi connectivity index (χ0n) is 11.4. The number of aryl methyl sites for hydroxylation is 1. The predicted octanol–water partition coefficient (Wildman–Crippen LogP) is 4.49. The molecule has 0 bridgehead atoms. The van der Waals surface area contributed by atoms with Gasteiger partial charge >= 0.3 is 0 Å². The monoisotopic (exact) mass is 295 g/mol. The Kier molecular flexibility index (Phi) is 4.77. The van der Waals surface area contributed by atoms with Gasteiger partial charge in [-0.05, 0) is 23.4 Å². The maximum absolute atomic E-state index is 6.02. The van der Waals surface area contributed by atoms with E-state index >= 15 is 0 Å². The fourth-order valence-electron chi connectivity index (χ4n) is 1.79. The second-order valence-electron chi connectivity index (χ2n) is 4.66. The van der Waals surface area contributed by atoms with Gasteiger partial charge in [-0.25, -0.2) is 9.97 Å². The SMILES string of the molecule is CCc1ccsc1CNc1cc(Cl)nc(C(C)C)n1. The van der Waals surface area contributed by atoms with Crippen molar-refractivity contribution in [3.8, 4) is 0 Å². The Balaban J connectivity index is 2.11. The Bertz CT molecular complexity index is 551. The molecule has 2 rings (SSSR count). The molecule has 0 aromatic carbocycles. The number of hydrogen-bond acceptors (Lipinski definition) is 4. The first-order valence-electron chi connectivity index (χ1n) is 6.43. The molecule has 2 aromatic rings. The summed E-state index contributed by atoms with van der Waals surface area (Å²) < 4.78 is 0. The second-order valence-corrected chi connectivity index (χ2v) is 6.05. The Morgan fingerprint density at radius 2 is 2.16 bits per heavy atom. The molecule has 0 aliphatic heterocycles. The lowest BCUT2D eigenvalue weighted by atomic mass is 10.2. The van der Waals surface area contributed by atoms with Crippen molar-refractivity contribution in [1.82, 2.24) is 9.97 Å². The molecule has 0 atom stereocenters. The summed E-state index contributed by atoms with van der Waals surface area (Å²) in [4.78, 5) is 10.1. The lowest BCUT2D eigenvalue weighted by molar-refractivity contribution is 0.774. The van der Waals surface area contributed by atoms with E-state index in [1.165, 1.54) is 10.4 Å². The molecular formula is C14H18ClN3S. The van der Waals surface area contributed by atoms with E-state index in [1.54, 1.807) is 17.4 Å². The van der Waals surface area contributed by atoms with Crippen LogP contribution in [0.5, 0.6) is 0 Å². The summed E-state index contributed by atoms with van der Waals surface area (Å²) in [5.41, 5.74) is 1.39. The molecule has 2 heterocycles. The van der Waals surface area contributed by atoms with Gasteiger partial charge in [-0.1, -0.05) is 32.4 Å². The normalized spacial score (nSPS) is 11.0. The van der Waals surface area contributed by atoms with Gasteiger partial charge in [0.2, 0.25) is 0 Å². The number of aromatic nitrogens is 2. The van der Waals surface area contributed by atoms with E-state index in [9.17, 15) is 0 Å². The van der Waals surface area contributed by atoms with Gasteiger partial charge < -0.3 is 5.32 Å². The van der Waals surface area contributed by atoms with Crippen LogP contribution in [0.3, 0.4) is 0 Å². The average molecular weight is 296 g/mol. The van der Waals surface area contributed by atoms with Crippen molar-refractivity contribution in [1.29, 1.82) is 0 Å². The van der Waals surface area contributed by atoms with Gasteiger partial charge in [0, 0.05) is 16.9 Å². The Morgan fingerprint density at radius 3 is 2.84 bits per heavy atom. The zero-order chi connectivity index (χ0) is 13.8. The number of hydrogen-bond donors (Lipinski definition) is 1. The number of nitrogens with zero attached hydrogens (tertiary/aromatic N) is 2. The molecule has 3 nitrogen and oxygen atoms in total. The van der Waals surface area contributed by atoms with Crippen LogP contribution < -0.4 is 5.32 Å². The summed E-state index contributed by atoms with van der Waals surface area (Å²) in [7, 11) is 0. The molecule has 0 spiro atoms. The highest BCUT2D eigenvalue weighted by Crippen LogP contribution is 2.21. The Hall–Kier alpha value is -1.13. The van der Waals surface area contributed by atoms with Gasteiger partial charge in [0.15, 0.2) is 0 Å². The van der Waals surface area contributed by atoms with Crippen LogP contribution in [0.1, 0.15) is 43.0 Å². The van der Waals surface area contributed by atoms with Crippen LogP contribution in [0, 0.1) is 0 Å². The molecule has 0 saturated carbocycles. The smallest absolute Gasteiger partial charge is 0.135 e. The quantitative estimate of drug-likeness (QED) is 0.826. The van der Waals surface area contributed by atoms with Gasteiger partial charge in [-0.2, -0.15) is 0 Å². The van der Waals surface area contributed by atoms with E-state index in [0.29, 0.717) is 5.15 Å². The van der Waals surface area contributed by atoms with Crippen molar-refractivity contribution in [2.45, 2.75) is 39.7 Å². The Labute approximate surface area is 123 Å². The van der Waals surface area contributed by atoms with Crippen LogP contribution in [-0.2, 0) is 13.0 Å². The predicted molar refractivity (Wildman–Crippen MR) is 82.2 cm³/mol. The maximum Gasteiger partial charge on any atom is 0.135 e. The highest BCUT2D eigenvalue weighted by atomic mass is 35.5. The van der Waals surface area contributed by atoms with Crippen molar-refractivity contribution in [2.75, 3.05) is 5.32 Å². The lowest BCUT2D eigenvalue weighted by Gasteiger charge is -2.09. The van der Waals surface area contributed by atoms with E-state index in [0.717, 1.165) is 24.6 Å². The molecule has 0 aliphatic carbocycles. The van der Waals surface area contributed by atoms with E-state index < -0.39 is 0 Å². The second kappa shape index (κ2) is 6.35. The lowest BCUT2D eigenvalue weighted by Crippen LogP contribution is -2.05. The van der Waals surface area contributed by atoms with Gasteiger partial charge in [0.25, 0.3) is 0 Å².